The zero-order valence-electron chi connectivity index (χ0n) is 6.33. The Balaban J connectivity index is 2.81. The summed E-state index contributed by atoms with van der Waals surface area (Å²) in [5.41, 5.74) is 1.27. The van der Waals surface area contributed by atoms with Gasteiger partial charge < -0.3 is 5.11 Å². The fraction of sp³-hybridized carbons (Fsp3) is 0. The van der Waals surface area contributed by atoms with Gasteiger partial charge in [-0.1, -0.05) is 11.6 Å². The molecule has 0 aliphatic carbocycles. The second-order valence-electron chi connectivity index (χ2n) is 2.49. The van der Waals surface area contributed by atoms with Gasteiger partial charge in [0.25, 0.3) is 0 Å². The van der Waals surface area contributed by atoms with Gasteiger partial charge in [-0.15, -0.1) is 0 Å². The smallest absolute Gasteiger partial charge is 0.148 e. The number of aromatic nitrogens is 2. The monoisotopic (exact) mass is 258 g/mol. The van der Waals surface area contributed by atoms with Gasteiger partial charge in [0.15, 0.2) is 0 Å². The van der Waals surface area contributed by atoms with Crippen LogP contribution in [0.5, 0.6) is 5.75 Å². The van der Waals surface area contributed by atoms with Gasteiger partial charge in [-0.05, 0) is 22.0 Å². The van der Waals surface area contributed by atoms with Crippen molar-refractivity contribution in [2.45, 2.75) is 0 Å². The lowest BCUT2D eigenvalue weighted by Gasteiger charge is -1.99. The largest absolute Gasteiger partial charge is 0.507 e. The minimum absolute atomic E-state index is 0.129. The quantitative estimate of drug-likeness (QED) is 0.791. The summed E-state index contributed by atoms with van der Waals surface area (Å²) in [6, 6.07) is 3.20. The predicted molar refractivity (Wildman–Crippen MR) is 53.9 cm³/mol. The van der Waals surface area contributed by atoms with E-state index in [0.717, 1.165) is 0 Å². The Hall–Kier alpha value is -0.870. The van der Waals surface area contributed by atoms with Gasteiger partial charge in [0.05, 0.1) is 21.7 Å². The lowest BCUT2D eigenvalue weighted by Crippen LogP contribution is -1.84. The summed E-state index contributed by atoms with van der Waals surface area (Å²) in [5.74, 6) is 0.129. The fourth-order valence-electron chi connectivity index (χ4n) is 1.00. The van der Waals surface area contributed by atoms with Crippen LogP contribution >= 0.6 is 27.5 Å². The first-order valence-corrected chi connectivity index (χ1v) is 4.64. The number of halogens is 2. The highest BCUT2D eigenvalue weighted by Gasteiger charge is 2.03. The van der Waals surface area contributed by atoms with Crippen LogP contribution < -0.4 is 0 Å². The van der Waals surface area contributed by atoms with Gasteiger partial charge in [0, 0.05) is 6.07 Å². The first-order valence-electron chi connectivity index (χ1n) is 3.47. The number of nitrogens with zero attached hydrogens (tertiary/aromatic N) is 2. The Morgan fingerprint density at radius 1 is 1.31 bits per heavy atom. The van der Waals surface area contributed by atoms with Gasteiger partial charge >= 0.3 is 0 Å². The molecule has 1 aromatic carbocycles. The molecule has 0 aliphatic rings. The first-order chi connectivity index (χ1) is 6.16. The summed E-state index contributed by atoms with van der Waals surface area (Å²) in [6.45, 7) is 0. The predicted octanol–water partition coefficient (Wildman–Crippen LogP) is 2.75. The molecule has 5 heteroatoms. The minimum Gasteiger partial charge on any atom is -0.507 e. The number of phenolic OH excluding ortho intramolecular Hbond substituents is 1. The van der Waals surface area contributed by atoms with Crippen molar-refractivity contribution in [2.75, 3.05) is 0 Å². The lowest BCUT2D eigenvalue weighted by atomic mass is 10.3. The zero-order chi connectivity index (χ0) is 9.42. The molecule has 0 amide bonds. The molecule has 0 spiro atoms. The number of fused-ring (bicyclic) bond motifs is 1. The van der Waals surface area contributed by atoms with Crippen LogP contribution in [-0.4, -0.2) is 15.1 Å². The van der Waals surface area contributed by atoms with E-state index in [1.807, 2.05) is 0 Å². The van der Waals surface area contributed by atoms with Crippen molar-refractivity contribution < 1.29 is 5.11 Å². The summed E-state index contributed by atoms with van der Waals surface area (Å²) in [4.78, 5) is 8.05. The molecule has 0 saturated carbocycles. The van der Waals surface area contributed by atoms with Crippen LogP contribution in [0.3, 0.4) is 0 Å². The normalized spacial score (nSPS) is 10.6. The molecule has 0 unspecified atom stereocenters. The van der Waals surface area contributed by atoms with Crippen molar-refractivity contribution in [3.63, 3.8) is 0 Å². The van der Waals surface area contributed by atoms with E-state index < -0.39 is 0 Å². The van der Waals surface area contributed by atoms with Crippen molar-refractivity contribution in [2.24, 2.45) is 0 Å². The van der Waals surface area contributed by atoms with Crippen molar-refractivity contribution in [1.82, 2.24) is 9.97 Å². The summed E-state index contributed by atoms with van der Waals surface area (Å²) in [5, 5.41) is 9.66. The number of rotatable bonds is 0. The maximum absolute atomic E-state index is 9.35. The van der Waals surface area contributed by atoms with Crippen LogP contribution in [0.4, 0.5) is 0 Å². The molecule has 2 rings (SSSR count). The molecule has 0 fully saturated rings. The van der Waals surface area contributed by atoms with Crippen LogP contribution in [0.1, 0.15) is 0 Å². The molecule has 66 valence electrons. The van der Waals surface area contributed by atoms with Crippen LogP contribution in [0.25, 0.3) is 11.0 Å². The molecular weight excluding hydrogens is 255 g/mol. The summed E-state index contributed by atoms with van der Waals surface area (Å²) >= 11 is 8.83. The molecule has 0 aliphatic heterocycles. The van der Waals surface area contributed by atoms with Gasteiger partial charge in [-0.25, -0.2) is 4.98 Å². The highest BCUT2D eigenvalue weighted by Crippen LogP contribution is 2.27. The van der Waals surface area contributed by atoms with Gasteiger partial charge in [-0.3, -0.25) is 4.98 Å². The third-order valence-electron chi connectivity index (χ3n) is 1.58. The molecule has 0 radical (unpaired) electrons. The van der Waals surface area contributed by atoms with Crippen LogP contribution in [0, 0.1) is 0 Å². The highest BCUT2D eigenvalue weighted by atomic mass is 79.9. The Morgan fingerprint density at radius 2 is 2.08 bits per heavy atom. The van der Waals surface area contributed by atoms with E-state index in [1.54, 1.807) is 6.07 Å². The molecule has 1 heterocycles. The average Bonchev–Trinajstić information content (AvgIpc) is 2.08. The van der Waals surface area contributed by atoms with Crippen LogP contribution in [0.2, 0.25) is 5.15 Å². The number of phenols is 1. The van der Waals surface area contributed by atoms with Crippen molar-refractivity contribution in [3.8, 4) is 5.75 Å². The van der Waals surface area contributed by atoms with E-state index in [-0.39, 0.29) is 5.75 Å². The average molecular weight is 259 g/mol. The van der Waals surface area contributed by atoms with Crippen LogP contribution in [-0.2, 0) is 0 Å². The third-order valence-corrected chi connectivity index (χ3v) is 2.40. The van der Waals surface area contributed by atoms with Crippen molar-refractivity contribution in [1.29, 1.82) is 0 Å². The van der Waals surface area contributed by atoms with Crippen molar-refractivity contribution in [3.05, 3.63) is 28.0 Å². The minimum atomic E-state index is 0.129. The summed E-state index contributed by atoms with van der Waals surface area (Å²) in [6.07, 6.45) is 1.47. The number of benzene rings is 1. The number of hydrogen-bond acceptors (Lipinski definition) is 3. The van der Waals surface area contributed by atoms with E-state index in [9.17, 15) is 5.11 Å². The second-order valence-corrected chi connectivity index (χ2v) is 3.73. The highest BCUT2D eigenvalue weighted by molar-refractivity contribution is 9.10. The van der Waals surface area contributed by atoms with E-state index >= 15 is 0 Å². The fourth-order valence-corrected chi connectivity index (χ4v) is 1.47. The van der Waals surface area contributed by atoms with E-state index in [0.29, 0.717) is 20.7 Å². The standard InChI is InChI=1S/C8H4BrClN2O/c9-4-1-5-6(2-7(4)13)12-8(10)3-11-5/h1-3,13H. The summed E-state index contributed by atoms with van der Waals surface area (Å²) in [7, 11) is 0. The first kappa shape index (κ1) is 8.72. The van der Waals surface area contributed by atoms with Gasteiger partial charge in [-0.2, -0.15) is 0 Å². The van der Waals surface area contributed by atoms with Crippen molar-refractivity contribution >= 4 is 38.6 Å². The van der Waals surface area contributed by atoms with Gasteiger partial charge in [0.1, 0.15) is 10.9 Å². The lowest BCUT2D eigenvalue weighted by molar-refractivity contribution is 0.472. The molecule has 1 N–H and O–H groups in total. The van der Waals surface area contributed by atoms with Crippen LogP contribution in [0.15, 0.2) is 22.8 Å². The van der Waals surface area contributed by atoms with E-state index in [1.165, 1.54) is 12.3 Å². The molecule has 3 nitrogen and oxygen atoms in total. The second kappa shape index (κ2) is 3.12. The number of aromatic hydroxyl groups is 1. The maximum Gasteiger partial charge on any atom is 0.148 e. The van der Waals surface area contributed by atoms with E-state index in [4.69, 9.17) is 11.6 Å². The molecule has 2 aromatic rings. The Labute approximate surface area is 87.5 Å². The third kappa shape index (κ3) is 1.59. The topological polar surface area (TPSA) is 46.0 Å². The Bertz CT molecular complexity index is 475. The SMILES string of the molecule is Oc1cc2nc(Cl)cnc2cc1Br. The number of hydrogen-bond donors (Lipinski definition) is 1. The molecule has 0 atom stereocenters. The summed E-state index contributed by atoms with van der Waals surface area (Å²) < 4.78 is 0.594. The molecule has 0 bridgehead atoms. The zero-order valence-corrected chi connectivity index (χ0v) is 8.67. The molecular formula is C8H4BrClN2O. The maximum atomic E-state index is 9.35. The Kier molecular flexibility index (Phi) is 2.09. The van der Waals surface area contributed by atoms with Gasteiger partial charge in [0.2, 0.25) is 0 Å². The molecule has 0 saturated heterocycles. The Morgan fingerprint density at radius 3 is 2.85 bits per heavy atom. The molecule has 13 heavy (non-hydrogen) atoms. The van der Waals surface area contributed by atoms with E-state index in [2.05, 4.69) is 25.9 Å². The molecule has 1 aromatic heterocycles.